The van der Waals surface area contributed by atoms with Crippen LogP contribution in [0.3, 0.4) is 0 Å². The number of phenols is 2. The lowest BCUT2D eigenvalue weighted by atomic mass is 10.0. The maximum atomic E-state index is 12.2. The number of aliphatic carboxylic acids is 2. The topological polar surface area (TPSA) is 170 Å². The fraction of sp³-hybridized carbons (Fsp3) is 0.250. The maximum Gasteiger partial charge on any atom is 0.326 e. The summed E-state index contributed by atoms with van der Waals surface area (Å²) in [7, 11) is 0. The first-order valence-corrected chi connectivity index (χ1v) is 8.62. The summed E-state index contributed by atoms with van der Waals surface area (Å²) in [6.07, 6.45) is 0.297. The number of hydrogen-bond acceptors (Lipinski definition) is 6. The highest BCUT2D eigenvalue weighted by Crippen LogP contribution is 2.13. The number of aromatic hydroxyl groups is 2. The largest absolute Gasteiger partial charge is 0.508 e. The summed E-state index contributed by atoms with van der Waals surface area (Å²) >= 11 is 0. The zero-order valence-electron chi connectivity index (χ0n) is 15.8. The molecular weight excluding hydrogens is 380 g/mol. The van der Waals surface area contributed by atoms with Gasteiger partial charge in [-0.15, -0.1) is 0 Å². The zero-order valence-corrected chi connectivity index (χ0v) is 15.8. The molecule has 29 heavy (non-hydrogen) atoms. The predicted molar refractivity (Wildman–Crippen MR) is 104 cm³/mol. The Kier molecular flexibility index (Phi) is 9.14. The number of nitrogens with one attached hydrogen (secondary N) is 1. The summed E-state index contributed by atoms with van der Waals surface area (Å²) in [6.45, 7) is 1.08. The van der Waals surface area contributed by atoms with Gasteiger partial charge in [-0.05, 0) is 41.8 Å². The van der Waals surface area contributed by atoms with Gasteiger partial charge in [0.2, 0.25) is 5.91 Å². The van der Waals surface area contributed by atoms with E-state index in [2.05, 4.69) is 5.32 Å². The molecule has 9 nitrogen and oxygen atoms in total. The van der Waals surface area contributed by atoms with Crippen molar-refractivity contribution in [1.29, 1.82) is 0 Å². The van der Waals surface area contributed by atoms with E-state index < -0.39 is 29.9 Å². The van der Waals surface area contributed by atoms with Crippen LogP contribution in [0.4, 0.5) is 0 Å². The van der Waals surface area contributed by atoms with Crippen molar-refractivity contribution in [3.05, 3.63) is 59.7 Å². The Morgan fingerprint density at radius 2 is 1.24 bits per heavy atom. The average molecular weight is 404 g/mol. The molecule has 156 valence electrons. The fourth-order valence-electron chi connectivity index (χ4n) is 2.33. The molecule has 0 saturated heterocycles. The molecule has 0 bridgehead atoms. The van der Waals surface area contributed by atoms with E-state index in [1.807, 2.05) is 0 Å². The van der Waals surface area contributed by atoms with Gasteiger partial charge in [-0.3, -0.25) is 9.59 Å². The number of carbonyl (C=O) groups is 3. The molecule has 1 amide bonds. The van der Waals surface area contributed by atoms with Crippen LogP contribution in [0, 0.1) is 0 Å². The van der Waals surface area contributed by atoms with E-state index in [1.54, 1.807) is 24.3 Å². The summed E-state index contributed by atoms with van der Waals surface area (Å²) in [5, 5.41) is 37.7. The first-order chi connectivity index (χ1) is 13.6. The highest BCUT2D eigenvalue weighted by Gasteiger charge is 2.23. The molecule has 2 unspecified atom stereocenters. The van der Waals surface area contributed by atoms with Gasteiger partial charge in [0.1, 0.15) is 17.5 Å². The van der Waals surface area contributed by atoms with E-state index >= 15 is 0 Å². The maximum absolute atomic E-state index is 12.2. The number of carbonyl (C=O) groups excluding carboxylic acids is 1. The van der Waals surface area contributed by atoms with Crippen molar-refractivity contribution in [2.75, 3.05) is 0 Å². The fourth-order valence-corrected chi connectivity index (χ4v) is 2.33. The van der Waals surface area contributed by atoms with Crippen molar-refractivity contribution >= 4 is 17.8 Å². The molecule has 0 heterocycles. The monoisotopic (exact) mass is 404 g/mol. The van der Waals surface area contributed by atoms with Crippen molar-refractivity contribution in [2.45, 2.75) is 31.8 Å². The first kappa shape index (κ1) is 23.4. The number of nitrogens with two attached hydrogens (primary N) is 1. The van der Waals surface area contributed by atoms with E-state index in [4.69, 9.17) is 15.6 Å². The van der Waals surface area contributed by atoms with Crippen LogP contribution in [-0.2, 0) is 27.2 Å². The molecule has 0 fully saturated rings. The minimum Gasteiger partial charge on any atom is -0.508 e. The van der Waals surface area contributed by atoms with Crippen molar-refractivity contribution in [1.82, 2.24) is 5.32 Å². The van der Waals surface area contributed by atoms with Crippen molar-refractivity contribution in [3.63, 3.8) is 0 Å². The lowest BCUT2D eigenvalue weighted by Gasteiger charge is -2.18. The molecule has 2 aromatic rings. The third kappa shape index (κ3) is 9.25. The molecule has 0 aromatic heterocycles. The summed E-state index contributed by atoms with van der Waals surface area (Å²) < 4.78 is 0. The molecule has 2 atom stereocenters. The third-order valence-electron chi connectivity index (χ3n) is 3.72. The van der Waals surface area contributed by atoms with Crippen LogP contribution in [-0.4, -0.2) is 50.4 Å². The molecule has 0 radical (unpaired) electrons. The number of rotatable bonds is 7. The molecular formula is C20H24N2O7. The molecule has 9 heteroatoms. The van der Waals surface area contributed by atoms with Crippen LogP contribution in [0.25, 0.3) is 0 Å². The number of carboxylic acids is 2. The van der Waals surface area contributed by atoms with Gasteiger partial charge in [0.15, 0.2) is 0 Å². The van der Waals surface area contributed by atoms with Gasteiger partial charge in [0.05, 0.1) is 6.04 Å². The Labute approximate surface area is 167 Å². The van der Waals surface area contributed by atoms with Gasteiger partial charge in [0.25, 0.3) is 5.97 Å². The highest BCUT2D eigenvalue weighted by molar-refractivity contribution is 5.87. The smallest absolute Gasteiger partial charge is 0.326 e. The van der Waals surface area contributed by atoms with Crippen LogP contribution >= 0.6 is 0 Å². The highest BCUT2D eigenvalue weighted by atomic mass is 16.4. The molecule has 0 aliphatic carbocycles. The molecule has 0 saturated carbocycles. The minimum absolute atomic E-state index is 0.0767. The summed E-state index contributed by atoms with van der Waals surface area (Å²) in [6, 6.07) is 10.3. The van der Waals surface area contributed by atoms with E-state index in [0.717, 1.165) is 12.5 Å². The Morgan fingerprint density at radius 3 is 1.62 bits per heavy atom. The Balaban J connectivity index is 0.000000960. The summed E-state index contributed by atoms with van der Waals surface area (Å²) in [4.78, 5) is 32.6. The first-order valence-electron chi connectivity index (χ1n) is 8.62. The van der Waals surface area contributed by atoms with Gasteiger partial charge < -0.3 is 31.5 Å². The normalized spacial score (nSPS) is 12.1. The average Bonchev–Trinajstić information content (AvgIpc) is 2.64. The quantitative estimate of drug-likeness (QED) is 0.395. The van der Waals surface area contributed by atoms with Gasteiger partial charge in [0, 0.05) is 13.3 Å². The van der Waals surface area contributed by atoms with Gasteiger partial charge in [-0.2, -0.15) is 0 Å². The minimum atomic E-state index is -1.17. The molecule has 0 aliphatic heterocycles. The Hall–Kier alpha value is -3.59. The molecule has 2 aromatic carbocycles. The Bertz CT molecular complexity index is 816. The van der Waals surface area contributed by atoms with Crippen LogP contribution in [0.2, 0.25) is 0 Å². The molecule has 2 rings (SSSR count). The third-order valence-corrected chi connectivity index (χ3v) is 3.72. The van der Waals surface area contributed by atoms with Crippen molar-refractivity contribution < 1.29 is 34.8 Å². The number of phenolic OH excluding ortho intramolecular Hbond substituents is 2. The van der Waals surface area contributed by atoms with Crippen molar-refractivity contribution in [3.8, 4) is 11.5 Å². The van der Waals surface area contributed by atoms with E-state index in [-0.39, 0.29) is 24.3 Å². The van der Waals surface area contributed by atoms with Crippen LogP contribution in [0.1, 0.15) is 18.1 Å². The number of benzene rings is 2. The lowest BCUT2D eigenvalue weighted by Crippen LogP contribution is -2.50. The molecule has 7 N–H and O–H groups in total. The van der Waals surface area contributed by atoms with Crippen LogP contribution in [0.15, 0.2) is 48.5 Å². The van der Waals surface area contributed by atoms with Crippen LogP contribution in [0.5, 0.6) is 11.5 Å². The standard InChI is InChI=1S/C18H20N2O5.C2H4O2/c19-15(9-11-1-5-13(21)6-2-11)17(23)20-16(18(24)25)10-12-3-7-14(22)8-4-12;1-2(3)4/h1-8,15-16,21-22H,9-10,19H2,(H,20,23)(H,24,25);1H3,(H,3,4). The van der Waals surface area contributed by atoms with Gasteiger partial charge >= 0.3 is 5.97 Å². The molecule has 0 aliphatic rings. The van der Waals surface area contributed by atoms with Gasteiger partial charge in [-0.1, -0.05) is 24.3 Å². The van der Waals surface area contributed by atoms with E-state index in [9.17, 15) is 24.9 Å². The summed E-state index contributed by atoms with van der Waals surface area (Å²) in [5.41, 5.74) is 7.27. The second-order valence-electron chi connectivity index (χ2n) is 6.27. The zero-order chi connectivity index (χ0) is 22.0. The SMILES string of the molecule is CC(=O)O.NC(Cc1ccc(O)cc1)C(=O)NC(Cc1ccc(O)cc1)C(=O)O. The lowest BCUT2D eigenvalue weighted by molar-refractivity contribution is -0.142. The predicted octanol–water partition coefficient (Wildman–Crippen LogP) is 0.871. The van der Waals surface area contributed by atoms with E-state index in [0.29, 0.717) is 5.56 Å². The number of carboxylic acid groups (broad SMARTS) is 2. The Morgan fingerprint density at radius 1 is 0.862 bits per heavy atom. The second-order valence-corrected chi connectivity index (χ2v) is 6.27. The number of amides is 1. The van der Waals surface area contributed by atoms with Gasteiger partial charge in [-0.25, -0.2) is 4.79 Å². The van der Waals surface area contributed by atoms with Crippen molar-refractivity contribution in [2.24, 2.45) is 5.73 Å². The number of hydrogen-bond donors (Lipinski definition) is 6. The van der Waals surface area contributed by atoms with E-state index in [1.165, 1.54) is 24.3 Å². The molecule has 0 spiro atoms. The second kappa shape index (κ2) is 11.3. The summed E-state index contributed by atoms with van der Waals surface area (Å²) in [5.74, 6) is -2.38. The van der Waals surface area contributed by atoms with Crippen LogP contribution < -0.4 is 11.1 Å².